The van der Waals surface area contributed by atoms with Crippen LogP contribution in [0.3, 0.4) is 0 Å². The van der Waals surface area contributed by atoms with Crippen LogP contribution in [-0.2, 0) is 0 Å². The minimum atomic E-state index is 0.511. The number of aromatic nitrogens is 1. The van der Waals surface area contributed by atoms with Crippen molar-refractivity contribution in [3.8, 4) is 0 Å². The quantitative estimate of drug-likeness (QED) is 0.800. The predicted molar refractivity (Wildman–Crippen MR) is 60.8 cm³/mol. The second kappa shape index (κ2) is 4.75. The fourth-order valence-electron chi connectivity index (χ4n) is 1.95. The maximum absolute atomic E-state index is 4.22. The summed E-state index contributed by atoms with van der Waals surface area (Å²) in [5, 5.41) is 9.97. The molecule has 3 nitrogen and oxygen atoms in total. The molecule has 2 rings (SSSR count). The Morgan fingerprint density at radius 3 is 3.36 bits per heavy atom. The molecule has 1 aliphatic rings. The van der Waals surface area contributed by atoms with Gasteiger partial charge < -0.3 is 10.6 Å². The molecule has 1 aliphatic heterocycles. The van der Waals surface area contributed by atoms with E-state index in [0.717, 1.165) is 5.13 Å². The van der Waals surface area contributed by atoms with Gasteiger partial charge in [-0.05, 0) is 32.7 Å². The monoisotopic (exact) mass is 211 g/mol. The molecule has 2 heterocycles. The van der Waals surface area contributed by atoms with E-state index in [9.17, 15) is 0 Å². The molecular weight excluding hydrogens is 194 g/mol. The van der Waals surface area contributed by atoms with Gasteiger partial charge in [0.25, 0.3) is 0 Å². The second-order valence-corrected chi connectivity index (χ2v) is 4.81. The Bertz CT molecular complexity index is 254. The van der Waals surface area contributed by atoms with Crippen LogP contribution in [0.1, 0.15) is 26.2 Å². The Morgan fingerprint density at radius 1 is 1.79 bits per heavy atom. The summed E-state index contributed by atoms with van der Waals surface area (Å²) in [6, 6.07) is 1.22. The summed E-state index contributed by atoms with van der Waals surface area (Å²) in [5.41, 5.74) is 0. The Kier molecular flexibility index (Phi) is 3.37. The lowest BCUT2D eigenvalue weighted by molar-refractivity contribution is 0.523. The molecule has 0 bridgehead atoms. The van der Waals surface area contributed by atoms with E-state index in [2.05, 4.69) is 22.5 Å². The molecule has 0 spiro atoms. The molecule has 0 aliphatic carbocycles. The van der Waals surface area contributed by atoms with Crippen molar-refractivity contribution >= 4 is 16.5 Å². The summed E-state index contributed by atoms with van der Waals surface area (Å²) in [7, 11) is 0. The summed E-state index contributed by atoms with van der Waals surface area (Å²) in [6.45, 7) is 3.41. The van der Waals surface area contributed by atoms with Gasteiger partial charge in [-0.2, -0.15) is 0 Å². The number of hydrogen-bond donors (Lipinski definition) is 2. The first-order valence-corrected chi connectivity index (χ1v) is 6.12. The zero-order valence-electron chi connectivity index (χ0n) is 8.49. The van der Waals surface area contributed by atoms with E-state index in [0.29, 0.717) is 12.1 Å². The highest BCUT2D eigenvalue weighted by Crippen LogP contribution is 2.16. The number of rotatable bonds is 4. The number of nitrogens with zero attached hydrogens (tertiary/aromatic N) is 1. The fourth-order valence-corrected chi connectivity index (χ4v) is 2.59. The summed E-state index contributed by atoms with van der Waals surface area (Å²) >= 11 is 1.67. The van der Waals surface area contributed by atoms with Gasteiger partial charge in [0.1, 0.15) is 0 Å². The smallest absolute Gasteiger partial charge is 0.182 e. The number of hydrogen-bond acceptors (Lipinski definition) is 4. The predicted octanol–water partition coefficient (Wildman–Crippen LogP) is 2.09. The molecule has 2 unspecified atom stereocenters. The van der Waals surface area contributed by atoms with Gasteiger partial charge in [0.05, 0.1) is 0 Å². The molecule has 2 atom stereocenters. The largest absolute Gasteiger partial charge is 0.359 e. The Morgan fingerprint density at radius 2 is 2.71 bits per heavy atom. The zero-order chi connectivity index (χ0) is 9.80. The summed E-state index contributed by atoms with van der Waals surface area (Å²) in [4.78, 5) is 4.22. The fraction of sp³-hybridized carbons (Fsp3) is 0.700. The standard InChI is InChI=1S/C10H17N3S/c1-8(7-9-3-2-4-11-9)13-10-12-5-6-14-10/h5-6,8-9,11H,2-4,7H2,1H3,(H,12,13). The molecular formula is C10H17N3S. The van der Waals surface area contributed by atoms with E-state index in [1.807, 2.05) is 11.6 Å². The van der Waals surface area contributed by atoms with Crippen LogP contribution in [0.5, 0.6) is 0 Å². The van der Waals surface area contributed by atoms with Crippen molar-refractivity contribution in [1.29, 1.82) is 0 Å². The van der Waals surface area contributed by atoms with Gasteiger partial charge in [-0.1, -0.05) is 0 Å². The second-order valence-electron chi connectivity index (χ2n) is 3.91. The van der Waals surface area contributed by atoms with E-state index >= 15 is 0 Å². The van der Waals surface area contributed by atoms with Gasteiger partial charge in [-0.15, -0.1) is 11.3 Å². The molecule has 0 radical (unpaired) electrons. The Balaban J connectivity index is 1.75. The van der Waals surface area contributed by atoms with Gasteiger partial charge in [0.2, 0.25) is 0 Å². The Hall–Kier alpha value is -0.610. The molecule has 2 N–H and O–H groups in total. The summed E-state index contributed by atoms with van der Waals surface area (Å²) in [5.74, 6) is 0. The topological polar surface area (TPSA) is 37.0 Å². The molecule has 78 valence electrons. The first-order valence-electron chi connectivity index (χ1n) is 5.24. The van der Waals surface area contributed by atoms with Crippen LogP contribution in [0.15, 0.2) is 11.6 Å². The van der Waals surface area contributed by atoms with Crippen LogP contribution in [0.25, 0.3) is 0 Å². The van der Waals surface area contributed by atoms with Crippen molar-refractivity contribution in [3.63, 3.8) is 0 Å². The van der Waals surface area contributed by atoms with Crippen molar-refractivity contribution in [2.75, 3.05) is 11.9 Å². The third-order valence-electron chi connectivity index (χ3n) is 2.60. The first kappa shape index (κ1) is 9.93. The molecule has 4 heteroatoms. The van der Waals surface area contributed by atoms with Gasteiger partial charge >= 0.3 is 0 Å². The van der Waals surface area contributed by atoms with E-state index in [1.54, 1.807) is 11.3 Å². The van der Waals surface area contributed by atoms with Gasteiger partial charge in [-0.25, -0.2) is 4.98 Å². The van der Waals surface area contributed by atoms with Crippen LogP contribution in [-0.4, -0.2) is 23.6 Å². The third kappa shape index (κ3) is 2.69. The van der Waals surface area contributed by atoms with Gasteiger partial charge in [-0.3, -0.25) is 0 Å². The van der Waals surface area contributed by atoms with Crippen LogP contribution in [0, 0.1) is 0 Å². The molecule has 1 saturated heterocycles. The zero-order valence-corrected chi connectivity index (χ0v) is 9.31. The molecule has 1 aromatic heterocycles. The first-order chi connectivity index (χ1) is 6.84. The highest BCUT2D eigenvalue weighted by Gasteiger charge is 2.16. The van der Waals surface area contributed by atoms with E-state index < -0.39 is 0 Å². The van der Waals surface area contributed by atoms with Crippen molar-refractivity contribution in [3.05, 3.63) is 11.6 Å². The molecule has 1 aromatic rings. The minimum absolute atomic E-state index is 0.511. The maximum atomic E-state index is 4.22. The normalized spacial score (nSPS) is 23.6. The van der Waals surface area contributed by atoms with Crippen molar-refractivity contribution in [2.45, 2.75) is 38.3 Å². The minimum Gasteiger partial charge on any atom is -0.359 e. The van der Waals surface area contributed by atoms with Crippen molar-refractivity contribution < 1.29 is 0 Å². The number of nitrogens with one attached hydrogen (secondary N) is 2. The molecule has 0 amide bonds. The third-order valence-corrected chi connectivity index (χ3v) is 3.31. The molecule has 14 heavy (non-hydrogen) atoms. The van der Waals surface area contributed by atoms with E-state index in [4.69, 9.17) is 0 Å². The van der Waals surface area contributed by atoms with Crippen LogP contribution in [0.4, 0.5) is 5.13 Å². The number of anilines is 1. The molecule has 1 fully saturated rings. The van der Waals surface area contributed by atoms with Crippen LogP contribution < -0.4 is 10.6 Å². The molecule has 0 saturated carbocycles. The van der Waals surface area contributed by atoms with Crippen molar-refractivity contribution in [1.82, 2.24) is 10.3 Å². The SMILES string of the molecule is CC(CC1CCCN1)Nc1nccs1. The average molecular weight is 211 g/mol. The Labute approximate surface area is 88.9 Å². The number of thiazole rings is 1. The lowest BCUT2D eigenvalue weighted by atomic mass is 10.1. The lowest BCUT2D eigenvalue weighted by Gasteiger charge is -2.17. The summed E-state index contributed by atoms with van der Waals surface area (Å²) in [6.07, 6.45) is 5.69. The summed E-state index contributed by atoms with van der Waals surface area (Å²) < 4.78 is 0. The maximum Gasteiger partial charge on any atom is 0.182 e. The van der Waals surface area contributed by atoms with Crippen LogP contribution >= 0.6 is 11.3 Å². The van der Waals surface area contributed by atoms with E-state index in [1.165, 1.54) is 25.8 Å². The highest BCUT2D eigenvalue weighted by atomic mass is 32.1. The average Bonchev–Trinajstić information content (AvgIpc) is 2.76. The van der Waals surface area contributed by atoms with Gasteiger partial charge in [0.15, 0.2) is 5.13 Å². The van der Waals surface area contributed by atoms with Crippen molar-refractivity contribution in [2.24, 2.45) is 0 Å². The van der Waals surface area contributed by atoms with Crippen LogP contribution in [0.2, 0.25) is 0 Å². The van der Waals surface area contributed by atoms with Gasteiger partial charge in [0, 0.05) is 23.7 Å². The highest BCUT2D eigenvalue weighted by molar-refractivity contribution is 7.13. The lowest BCUT2D eigenvalue weighted by Crippen LogP contribution is -2.29. The molecule has 0 aromatic carbocycles. The van der Waals surface area contributed by atoms with E-state index in [-0.39, 0.29) is 0 Å².